The Morgan fingerprint density at radius 3 is 2.82 bits per heavy atom. The van der Waals surface area contributed by atoms with Gasteiger partial charge in [0.2, 0.25) is 0 Å². The summed E-state index contributed by atoms with van der Waals surface area (Å²) in [4.78, 5) is 22.7. The Labute approximate surface area is 159 Å². The number of nitro groups is 1. The molecule has 0 saturated heterocycles. The molecule has 0 aliphatic carbocycles. The predicted octanol–water partition coefficient (Wildman–Crippen LogP) is 3.51. The van der Waals surface area contributed by atoms with E-state index in [1.807, 2.05) is 6.92 Å². The molecular formula is C19H17N3O6. The summed E-state index contributed by atoms with van der Waals surface area (Å²) in [6.45, 7) is 2.42. The molecule has 3 rings (SSSR count). The minimum Gasteiger partial charge on any atom is -0.494 e. The largest absolute Gasteiger partial charge is 0.494 e. The van der Waals surface area contributed by atoms with E-state index in [9.17, 15) is 14.9 Å². The van der Waals surface area contributed by atoms with Crippen molar-refractivity contribution in [2.45, 2.75) is 6.92 Å². The number of hydrazone groups is 1. The van der Waals surface area contributed by atoms with Gasteiger partial charge in [-0.25, -0.2) is 5.43 Å². The van der Waals surface area contributed by atoms with Crippen molar-refractivity contribution in [3.05, 3.63) is 63.9 Å². The van der Waals surface area contributed by atoms with Crippen LogP contribution >= 0.6 is 0 Å². The summed E-state index contributed by atoms with van der Waals surface area (Å²) in [6, 6.07) is 11.2. The lowest BCUT2D eigenvalue weighted by atomic mass is 10.2. The van der Waals surface area contributed by atoms with Crippen molar-refractivity contribution in [1.29, 1.82) is 0 Å². The summed E-state index contributed by atoms with van der Waals surface area (Å²) in [5, 5.41) is 15.6. The van der Waals surface area contributed by atoms with Gasteiger partial charge < -0.3 is 13.9 Å². The fraction of sp³-hybridized carbons (Fsp3) is 0.158. The first-order chi connectivity index (χ1) is 13.5. The van der Waals surface area contributed by atoms with E-state index in [0.29, 0.717) is 23.5 Å². The number of amides is 1. The molecule has 0 fully saturated rings. The summed E-state index contributed by atoms with van der Waals surface area (Å²) in [7, 11) is 1.35. The predicted molar refractivity (Wildman–Crippen MR) is 102 cm³/mol. The molecule has 0 radical (unpaired) electrons. The highest BCUT2D eigenvalue weighted by atomic mass is 16.6. The summed E-state index contributed by atoms with van der Waals surface area (Å²) in [6.07, 6.45) is 1.29. The molecule has 9 nitrogen and oxygen atoms in total. The van der Waals surface area contributed by atoms with Gasteiger partial charge in [-0.1, -0.05) is 0 Å². The van der Waals surface area contributed by atoms with E-state index in [1.54, 1.807) is 30.3 Å². The fourth-order valence-electron chi connectivity index (χ4n) is 2.54. The Bertz CT molecular complexity index is 1060. The van der Waals surface area contributed by atoms with Crippen molar-refractivity contribution in [3.63, 3.8) is 0 Å². The lowest BCUT2D eigenvalue weighted by Gasteiger charge is -2.02. The van der Waals surface area contributed by atoms with Crippen LogP contribution in [0, 0.1) is 10.1 Å². The number of carbonyl (C=O) groups excluding carboxylic acids is 1. The monoisotopic (exact) mass is 383 g/mol. The van der Waals surface area contributed by atoms with Crippen LogP contribution in [0.2, 0.25) is 0 Å². The van der Waals surface area contributed by atoms with Gasteiger partial charge in [0.05, 0.1) is 24.9 Å². The number of furan rings is 1. The van der Waals surface area contributed by atoms with Gasteiger partial charge >= 0.3 is 11.6 Å². The van der Waals surface area contributed by atoms with Gasteiger partial charge in [-0.15, -0.1) is 0 Å². The highest BCUT2D eigenvalue weighted by Gasteiger charge is 2.15. The van der Waals surface area contributed by atoms with E-state index >= 15 is 0 Å². The third-order valence-electron chi connectivity index (χ3n) is 3.80. The van der Waals surface area contributed by atoms with Crippen LogP contribution in [0.15, 0.2) is 52.0 Å². The van der Waals surface area contributed by atoms with Crippen LogP contribution in [0.1, 0.15) is 23.0 Å². The van der Waals surface area contributed by atoms with Crippen molar-refractivity contribution < 1.29 is 23.6 Å². The molecule has 0 spiro atoms. The van der Waals surface area contributed by atoms with E-state index < -0.39 is 10.8 Å². The average molecular weight is 383 g/mol. The van der Waals surface area contributed by atoms with Crippen molar-refractivity contribution in [2.75, 3.05) is 13.7 Å². The van der Waals surface area contributed by atoms with Gasteiger partial charge in [0.25, 0.3) is 0 Å². The van der Waals surface area contributed by atoms with Crippen LogP contribution in [0.25, 0.3) is 11.0 Å². The molecule has 0 aliphatic rings. The SMILES string of the molecule is CCOc1ccc2oc(C(=O)N/N=C/c3ccc(OC)c([N+](=O)[O-])c3)cc2c1. The Morgan fingerprint density at radius 2 is 2.11 bits per heavy atom. The Hall–Kier alpha value is -3.88. The second-order valence-electron chi connectivity index (χ2n) is 5.63. The number of ether oxygens (including phenoxy) is 2. The Balaban J connectivity index is 1.72. The van der Waals surface area contributed by atoms with Crippen molar-refractivity contribution in [3.8, 4) is 11.5 Å². The first-order valence-corrected chi connectivity index (χ1v) is 8.34. The van der Waals surface area contributed by atoms with E-state index in [2.05, 4.69) is 10.5 Å². The maximum absolute atomic E-state index is 12.2. The second kappa shape index (κ2) is 8.21. The molecule has 3 aromatic rings. The molecule has 1 amide bonds. The first kappa shape index (κ1) is 18.9. The smallest absolute Gasteiger partial charge is 0.311 e. The van der Waals surface area contributed by atoms with E-state index in [0.717, 1.165) is 5.39 Å². The molecule has 1 N–H and O–H groups in total. The molecule has 1 aromatic heterocycles. The third-order valence-corrected chi connectivity index (χ3v) is 3.80. The van der Waals surface area contributed by atoms with E-state index in [4.69, 9.17) is 13.9 Å². The van der Waals surface area contributed by atoms with Crippen LogP contribution in [-0.2, 0) is 0 Å². The number of carbonyl (C=O) groups is 1. The Kier molecular flexibility index (Phi) is 5.54. The highest BCUT2D eigenvalue weighted by Crippen LogP contribution is 2.27. The fourth-order valence-corrected chi connectivity index (χ4v) is 2.54. The van der Waals surface area contributed by atoms with Gasteiger partial charge in [0, 0.05) is 17.0 Å². The number of fused-ring (bicyclic) bond motifs is 1. The molecule has 28 heavy (non-hydrogen) atoms. The van der Waals surface area contributed by atoms with Gasteiger partial charge in [0.1, 0.15) is 11.3 Å². The zero-order valence-corrected chi connectivity index (χ0v) is 15.2. The standard InChI is InChI=1S/C19H17N3O6/c1-3-27-14-5-7-16-13(9-14)10-18(28-16)19(23)21-20-11-12-4-6-17(26-2)15(8-12)22(24)25/h4-11H,3H2,1-2H3,(H,21,23)/b20-11+. The second-order valence-corrected chi connectivity index (χ2v) is 5.63. The van der Waals surface area contributed by atoms with E-state index in [1.165, 1.54) is 25.5 Å². The highest BCUT2D eigenvalue weighted by molar-refractivity contribution is 5.96. The summed E-state index contributed by atoms with van der Waals surface area (Å²) >= 11 is 0. The zero-order valence-electron chi connectivity index (χ0n) is 15.2. The van der Waals surface area contributed by atoms with Gasteiger partial charge in [0.15, 0.2) is 11.5 Å². The number of nitrogens with zero attached hydrogens (tertiary/aromatic N) is 2. The number of rotatable bonds is 7. The van der Waals surface area contributed by atoms with Crippen LogP contribution in [0.5, 0.6) is 11.5 Å². The average Bonchev–Trinajstić information content (AvgIpc) is 3.11. The molecule has 0 saturated carbocycles. The van der Waals surface area contributed by atoms with Crippen molar-refractivity contribution in [2.24, 2.45) is 5.10 Å². The normalized spacial score (nSPS) is 10.9. The van der Waals surface area contributed by atoms with Crippen molar-refractivity contribution in [1.82, 2.24) is 5.43 Å². The number of hydrogen-bond donors (Lipinski definition) is 1. The molecule has 0 bridgehead atoms. The molecule has 0 aliphatic heterocycles. The van der Waals surface area contributed by atoms with Crippen LogP contribution in [-0.4, -0.2) is 30.8 Å². The number of nitrogens with one attached hydrogen (secondary N) is 1. The quantitative estimate of drug-likeness (QED) is 0.379. The molecule has 0 unspecified atom stereocenters. The lowest BCUT2D eigenvalue weighted by molar-refractivity contribution is -0.385. The summed E-state index contributed by atoms with van der Waals surface area (Å²) in [5.41, 5.74) is 3.11. The van der Waals surface area contributed by atoms with Gasteiger partial charge in [-0.2, -0.15) is 5.10 Å². The molecule has 2 aromatic carbocycles. The zero-order chi connectivity index (χ0) is 20.1. The number of nitro benzene ring substituents is 1. The van der Waals surface area contributed by atoms with Crippen LogP contribution in [0.4, 0.5) is 5.69 Å². The summed E-state index contributed by atoms with van der Waals surface area (Å²) < 4.78 is 15.9. The molecule has 1 heterocycles. The topological polar surface area (TPSA) is 116 Å². The maximum atomic E-state index is 12.2. The minimum absolute atomic E-state index is 0.0847. The van der Waals surface area contributed by atoms with Gasteiger partial charge in [-0.05, 0) is 43.3 Å². The van der Waals surface area contributed by atoms with Gasteiger partial charge in [-0.3, -0.25) is 14.9 Å². The lowest BCUT2D eigenvalue weighted by Crippen LogP contribution is -2.16. The molecule has 0 atom stereocenters. The number of hydrogen-bond acceptors (Lipinski definition) is 7. The summed E-state index contributed by atoms with van der Waals surface area (Å²) in [5.74, 6) is 0.358. The molecule has 144 valence electrons. The first-order valence-electron chi connectivity index (χ1n) is 8.34. The Morgan fingerprint density at radius 1 is 1.29 bits per heavy atom. The number of methoxy groups -OCH3 is 1. The number of benzene rings is 2. The molecule has 9 heteroatoms. The van der Waals surface area contributed by atoms with Crippen molar-refractivity contribution >= 4 is 28.8 Å². The molecular weight excluding hydrogens is 366 g/mol. The van der Waals surface area contributed by atoms with Crippen LogP contribution < -0.4 is 14.9 Å². The van der Waals surface area contributed by atoms with E-state index in [-0.39, 0.29) is 17.2 Å². The maximum Gasteiger partial charge on any atom is 0.311 e. The van der Waals surface area contributed by atoms with Crippen LogP contribution in [0.3, 0.4) is 0 Å². The minimum atomic E-state index is -0.556. The third kappa shape index (κ3) is 4.09.